The average molecular weight is 342 g/mol. The fourth-order valence-corrected chi connectivity index (χ4v) is 2.59. The zero-order valence-electron chi connectivity index (χ0n) is 15.6. The molecule has 0 aliphatic carbocycles. The van der Waals surface area contributed by atoms with Gasteiger partial charge < -0.3 is 19.3 Å². The maximum Gasteiger partial charge on any atom is 0.257 e. The topological polar surface area (TPSA) is 42.0 Å². The largest absolute Gasteiger partial charge is 0.497 e. The van der Waals surface area contributed by atoms with Crippen molar-refractivity contribution in [3.63, 3.8) is 0 Å². The van der Waals surface area contributed by atoms with Crippen LogP contribution in [0.2, 0.25) is 0 Å². The van der Waals surface area contributed by atoms with Gasteiger partial charge in [0.25, 0.3) is 5.91 Å². The molecule has 0 saturated heterocycles. The summed E-state index contributed by atoms with van der Waals surface area (Å²) in [6.07, 6.45) is 0. The van der Waals surface area contributed by atoms with Crippen LogP contribution in [0.3, 0.4) is 0 Å². The van der Waals surface area contributed by atoms with E-state index in [1.165, 1.54) is 0 Å². The van der Waals surface area contributed by atoms with Crippen LogP contribution in [-0.2, 0) is 6.54 Å². The first kappa shape index (κ1) is 18.6. The second-order valence-electron chi connectivity index (χ2n) is 5.95. The molecule has 0 aromatic heterocycles. The van der Waals surface area contributed by atoms with E-state index >= 15 is 0 Å². The summed E-state index contributed by atoms with van der Waals surface area (Å²) in [6, 6.07) is 13.5. The van der Waals surface area contributed by atoms with Gasteiger partial charge in [0.1, 0.15) is 11.5 Å². The van der Waals surface area contributed by atoms with Crippen molar-refractivity contribution in [1.82, 2.24) is 4.90 Å². The highest BCUT2D eigenvalue weighted by Crippen LogP contribution is 2.26. The third-order valence-corrected chi connectivity index (χ3v) is 4.13. The van der Waals surface area contributed by atoms with Gasteiger partial charge in [-0.15, -0.1) is 0 Å². The van der Waals surface area contributed by atoms with Crippen molar-refractivity contribution < 1.29 is 14.3 Å². The lowest BCUT2D eigenvalue weighted by atomic mass is 10.1. The van der Waals surface area contributed by atoms with Gasteiger partial charge in [-0.2, -0.15) is 0 Å². The van der Waals surface area contributed by atoms with E-state index in [1.807, 2.05) is 21.0 Å². The molecule has 0 bridgehead atoms. The van der Waals surface area contributed by atoms with Crippen LogP contribution in [0.1, 0.15) is 22.8 Å². The number of methoxy groups -OCH3 is 2. The predicted molar refractivity (Wildman–Crippen MR) is 101 cm³/mol. The van der Waals surface area contributed by atoms with E-state index in [2.05, 4.69) is 29.2 Å². The Hall–Kier alpha value is -2.69. The van der Waals surface area contributed by atoms with Crippen LogP contribution in [0, 0.1) is 0 Å². The zero-order chi connectivity index (χ0) is 18.4. The molecule has 25 heavy (non-hydrogen) atoms. The summed E-state index contributed by atoms with van der Waals surface area (Å²) in [5, 5.41) is 0. The molecule has 134 valence electrons. The molecule has 5 heteroatoms. The normalized spacial score (nSPS) is 10.3. The van der Waals surface area contributed by atoms with Crippen LogP contribution < -0.4 is 14.4 Å². The highest BCUT2D eigenvalue weighted by Gasteiger charge is 2.19. The number of carbonyl (C=O) groups excluding carboxylic acids is 1. The van der Waals surface area contributed by atoms with Crippen molar-refractivity contribution in [2.45, 2.75) is 13.5 Å². The van der Waals surface area contributed by atoms with Gasteiger partial charge in [0, 0.05) is 38.9 Å². The first-order valence-electron chi connectivity index (χ1n) is 8.27. The lowest BCUT2D eigenvalue weighted by molar-refractivity contribution is 0.0749. The van der Waals surface area contributed by atoms with E-state index in [4.69, 9.17) is 9.47 Å². The molecule has 0 aliphatic rings. The first-order chi connectivity index (χ1) is 12.0. The number of rotatable bonds is 7. The summed E-state index contributed by atoms with van der Waals surface area (Å²) >= 11 is 0. The minimum atomic E-state index is -0.0568. The van der Waals surface area contributed by atoms with Crippen LogP contribution in [0.5, 0.6) is 11.5 Å². The van der Waals surface area contributed by atoms with E-state index in [-0.39, 0.29) is 5.91 Å². The fraction of sp³-hybridized carbons (Fsp3) is 0.350. The van der Waals surface area contributed by atoms with Crippen LogP contribution in [0.15, 0.2) is 42.5 Å². The van der Waals surface area contributed by atoms with Crippen molar-refractivity contribution in [2.75, 3.05) is 39.8 Å². The molecule has 0 heterocycles. The van der Waals surface area contributed by atoms with E-state index in [9.17, 15) is 4.79 Å². The number of carbonyl (C=O) groups is 1. The Morgan fingerprint density at radius 3 is 2.20 bits per heavy atom. The highest BCUT2D eigenvalue weighted by molar-refractivity contribution is 5.97. The Morgan fingerprint density at radius 1 is 1.00 bits per heavy atom. The molecule has 0 radical (unpaired) electrons. The number of hydrogen-bond donors (Lipinski definition) is 0. The molecular formula is C20H26N2O3. The molecule has 5 nitrogen and oxygen atoms in total. The predicted octanol–water partition coefficient (Wildman–Crippen LogP) is 3.43. The molecule has 2 aromatic rings. The number of anilines is 1. The summed E-state index contributed by atoms with van der Waals surface area (Å²) in [7, 11) is 7.16. The molecule has 0 fully saturated rings. The molecule has 1 amide bonds. The van der Waals surface area contributed by atoms with Crippen LogP contribution >= 0.6 is 0 Å². The molecule has 0 spiro atoms. The molecule has 2 aromatic carbocycles. The van der Waals surface area contributed by atoms with Crippen molar-refractivity contribution in [3.8, 4) is 11.5 Å². The molecule has 2 rings (SSSR count). The lowest BCUT2D eigenvalue weighted by Crippen LogP contribution is -2.30. The van der Waals surface area contributed by atoms with Gasteiger partial charge in [-0.05, 0) is 36.8 Å². The second kappa shape index (κ2) is 8.42. The minimum absolute atomic E-state index is 0.0568. The molecule has 0 aliphatic heterocycles. The van der Waals surface area contributed by atoms with Crippen LogP contribution in [0.25, 0.3) is 0 Å². The van der Waals surface area contributed by atoms with Gasteiger partial charge in [-0.1, -0.05) is 12.1 Å². The first-order valence-corrected chi connectivity index (χ1v) is 8.27. The summed E-state index contributed by atoms with van der Waals surface area (Å²) in [4.78, 5) is 16.8. The van der Waals surface area contributed by atoms with E-state index in [0.717, 1.165) is 11.3 Å². The monoisotopic (exact) mass is 342 g/mol. The molecule has 0 saturated carbocycles. The quantitative estimate of drug-likeness (QED) is 0.773. The number of hydrogen-bond acceptors (Lipinski definition) is 4. The maximum absolute atomic E-state index is 12.9. The maximum atomic E-state index is 12.9. The standard InChI is InChI=1S/C20H26N2O3/c1-6-22(14-15-7-9-16(10-8-15)21(2)3)20(23)18-12-11-17(24-4)13-19(18)25-5/h7-13H,6,14H2,1-5H3. The van der Waals surface area contributed by atoms with Crippen molar-refractivity contribution in [3.05, 3.63) is 53.6 Å². The number of benzene rings is 2. The summed E-state index contributed by atoms with van der Waals surface area (Å²) in [5.41, 5.74) is 2.76. The van der Waals surface area contributed by atoms with Gasteiger partial charge in [0.05, 0.1) is 19.8 Å². The number of ether oxygens (including phenoxy) is 2. The smallest absolute Gasteiger partial charge is 0.257 e. The third kappa shape index (κ3) is 4.44. The number of amides is 1. The van der Waals surface area contributed by atoms with Crippen molar-refractivity contribution in [2.24, 2.45) is 0 Å². The number of nitrogens with zero attached hydrogens (tertiary/aromatic N) is 2. The zero-order valence-corrected chi connectivity index (χ0v) is 15.6. The van der Waals surface area contributed by atoms with Gasteiger partial charge >= 0.3 is 0 Å². The van der Waals surface area contributed by atoms with Crippen molar-refractivity contribution >= 4 is 11.6 Å². The second-order valence-corrected chi connectivity index (χ2v) is 5.95. The summed E-state index contributed by atoms with van der Waals surface area (Å²) in [5.74, 6) is 1.13. The Balaban J connectivity index is 2.21. The van der Waals surface area contributed by atoms with Crippen molar-refractivity contribution in [1.29, 1.82) is 0 Å². The molecule has 0 N–H and O–H groups in total. The summed E-state index contributed by atoms with van der Waals surface area (Å²) < 4.78 is 10.6. The lowest BCUT2D eigenvalue weighted by Gasteiger charge is -2.23. The molecule has 0 unspecified atom stereocenters. The van der Waals surface area contributed by atoms with Crippen LogP contribution in [0.4, 0.5) is 5.69 Å². The SMILES string of the molecule is CCN(Cc1ccc(N(C)C)cc1)C(=O)c1ccc(OC)cc1OC. The van der Waals surface area contributed by atoms with Gasteiger partial charge in [-0.3, -0.25) is 4.79 Å². The van der Waals surface area contributed by atoms with Gasteiger partial charge in [0.15, 0.2) is 0 Å². The molecular weight excluding hydrogens is 316 g/mol. The van der Waals surface area contributed by atoms with Gasteiger partial charge in [0.2, 0.25) is 0 Å². The van der Waals surface area contributed by atoms with E-state index < -0.39 is 0 Å². The third-order valence-electron chi connectivity index (χ3n) is 4.13. The summed E-state index contributed by atoms with van der Waals surface area (Å²) in [6.45, 7) is 3.14. The Labute approximate surface area is 149 Å². The minimum Gasteiger partial charge on any atom is -0.497 e. The Bertz CT molecular complexity index is 711. The fourth-order valence-electron chi connectivity index (χ4n) is 2.59. The van der Waals surface area contributed by atoms with Gasteiger partial charge in [-0.25, -0.2) is 0 Å². The Kier molecular flexibility index (Phi) is 6.28. The molecule has 0 atom stereocenters. The van der Waals surface area contributed by atoms with E-state index in [1.54, 1.807) is 37.3 Å². The van der Waals surface area contributed by atoms with E-state index in [0.29, 0.717) is 30.2 Å². The Morgan fingerprint density at radius 2 is 1.68 bits per heavy atom. The van der Waals surface area contributed by atoms with Crippen LogP contribution in [-0.4, -0.2) is 45.7 Å². The highest BCUT2D eigenvalue weighted by atomic mass is 16.5. The average Bonchev–Trinajstić information content (AvgIpc) is 2.65.